The van der Waals surface area contributed by atoms with Gasteiger partial charge < -0.3 is 5.32 Å². The zero-order valence-electron chi connectivity index (χ0n) is 13.1. The quantitative estimate of drug-likeness (QED) is 0.872. The van der Waals surface area contributed by atoms with Crippen LogP contribution in [-0.4, -0.2) is 32.4 Å². The Bertz CT molecular complexity index is 554. The van der Waals surface area contributed by atoms with Crippen LogP contribution in [0.4, 0.5) is 0 Å². The molecule has 0 saturated heterocycles. The molecule has 0 spiro atoms. The minimum absolute atomic E-state index is 0.151. The number of hydrogen-bond donors (Lipinski definition) is 1. The van der Waals surface area contributed by atoms with Crippen molar-refractivity contribution in [3.05, 3.63) is 17.0 Å². The Hall–Kier alpha value is -0.430. The lowest BCUT2D eigenvalue weighted by Gasteiger charge is -2.33. The van der Waals surface area contributed by atoms with Crippen LogP contribution in [0, 0.1) is 5.92 Å². The van der Waals surface area contributed by atoms with Crippen molar-refractivity contribution in [1.29, 1.82) is 0 Å². The Morgan fingerprint density at radius 1 is 1.43 bits per heavy atom. The Morgan fingerprint density at radius 2 is 2.19 bits per heavy atom. The van der Waals surface area contributed by atoms with E-state index < -0.39 is 10.0 Å². The van der Waals surface area contributed by atoms with E-state index >= 15 is 0 Å². The lowest BCUT2D eigenvalue weighted by atomic mass is 9.87. The Labute approximate surface area is 132 Å². The minimum Gasteiger partial charge on any atom is -0.313 e. The Kier molecular flexibility index (Phi) is 5.82. The molecule has 1 saturated carbocycles. The fraction of sp³-hybridized carbons (Fsp3) is 0.733. The minimum atomic E-state index is -3.34. The summed E-state index contributed by atoms with van der Waals surface area (Å²) in [6.07, 6.45) is 4.30. The van der Waals surface area contributed by atoms with E-state index in [2.05, 4.69) is 12.2 Å². The Balaban J connectivity index is 2.11. The van der Waals surface area contributed by atoms with Crippen molar-refractivity contribution >= 4 is 21.4 Å². The summed E-state index contributed by atoms with van der Waals surface area (Å²) in [6.45, 7) is 5.87. The van der Waals surface area contributed by atoms with Gasteiger partial charge in [0.25, 0.3) is 10.0 Å². The summed E-state index contributed by atoms with van der Waals surface area (Å²) in [5.74, 6) is 0.619. The molecule has 1 aliphatic rings. The highest BCUT2D eigenvalue weighted by Crippen LogP contribution is 2.31. The van der Waals surface area contributed by atoms with Crippen molar-refractivity contribution in [2.75, 3.05) is 13.6 Å². The summed E-state index contributed by atoms with van der Waals surface area (Å²) in [5, 5.41) is 5.16. The highest BCUT2D eigenvalue weighted by Gasteiger charge is 2.31. The zero-order valence-corrected chi connectivity index (χ0v) is 14.8. The lowest BCUT2D eigenvalue weighted by Crippen LogP contribution is -2.39. The van der Waals surface area contributed by atoms with Crippen LogP contribution in [0.2, 0.25) is 0 Å². The molecule has 1 aromatic rings. The van der Waals surface area contributed by atoms with Gasteiger partial charge in [-0.15, -0.1) is 11.3 Å². The van der Waals surface area contributed by atoms with Gasteiger partial charge in [0.05, 0.1) is 0 Å². The van der Waals surface area contributed by atoms with Crippen molar-refractivity contribution in [1.82, 2.24) is 9.62 Å². The molecule has 1 aliphatic carbocycles. The van der Waals surface area contributed by atoms with Crippen LogP contribution >= 0.6 is 11.3 Å². The summed E-state index contributed by atoms with van der Waals surface area (Å²) in [6, 6.07) is 1.96. The van der Waals surface area contributed by atoms with Crippen LogP contribution in [0.15, 0.2) is 15.7 Å². The summed E-state index contributed by atoms with van der Waals surface area (Å²) >= 11 is 1.33. The average molecular weight is 331 g/mol. The molecule has 21 heavy (non-hydrogen) atoms. The fourth-order valence-electron chi connectivity index (χ4n) is 2.92. The van der Waals surface area contributed by atoms with Crippen molar-refractivity contribution in [2.24, 2.45) is 5.92 Å². The molecule has 2 unspecified atom stereocenters. The molecule has 0 radical (unpaired) electrons. The first kappa shape index (κ1) is 16.9. The van der Waals surface area contributed by atoms with E-state index in [1.54, 1.807) is 11.4 Å². The maximum absolute atomic E-state index is 12.7. The summed E-state index contributed by atoms with van der Waals surface area (Å²) in [7, 11) is -1.60. The largest absolute Gasteiger partial charge is 0.313 e. The second-order valence-corrected chi connectivity index (χ2v) is 9.14. The maximum atomic E-state index is 12.7. The summed E-state index contributed by atoms with van der Waals surface area (Å²) in [4.78, 5) is 0. The normalized spacial score (nSPS) is 23.6. The van der Waals surface area contributed by atoms with Gasteiger partial charge >= 0.3 is 0 Å². The average Bonchev–Trinajstić information content (AvgIpc) is 2.93. The molecular weight excluding hydrogens is 304 g/mol. The van der Waals surface area contributed by atoms with Gasteiger partial charge in [-0.1, -0.05) is 26.7 Å². The van der Waals surface area contributed by atoms with Crippen molar-refractivity contribution in [2.45, 2.75) is 56.3 Å². The van der Waals surface area contributed by atoms with Crippen molar-refractivity contribution < 1.29 is 8.42 Å². The fourth-order valence-corrected chi connectivity index (χ4v) is 5.71. The van der Waals surface area contributed by atoms with E-state index in [1.807, 2.05) is 18.4 Å². The second-order valence-electron chi connectivity index (χ2n) is 6.00. The molecule has 2 atom stereocenters. The first-order valence-corrected chi connectivity index (χ1v) is 10.0. The van der Waals surface area contributed by atoms with Crippen molar-refractivity contribution in [3.63, 3.8) is 0 Å². The van der Waals surface area contributed by atoms with Gasteiger partial charge in [-0.3, -0.25) is 0 Å². The molecule has 0 amide bonds. The predicted molar refractivity (Wildman–Crippen MR) is 88.1 cm³/mol. The van der Waals surface area contributed by atoms with Gasteiger partial charge in [-0.25, -0.2) is 8.42 Å². The summed E-state index contributed by atoms with van der Waals surface area (Å²) < 4.78 is 27.6. The smallest absolute Gasteiger partial charge is 0.252 e. The molecule has 0 aromatic carbocycles. The van der Waals surface area contributed by atoms with Crippen LogP contribution in [0.1, 0.15) is 45.1 Å². The zero-order chi connectivity index (χ0) is 15.5. The van der Waals surface area contributed by atoms with E-state index in [9.17, 15) is 8.42 Å². The standard InChI is InChI=1S/C15H26N2O2S2/c1-4-16-10-13-9-15(20-11-13)21(18,19)17(3)14-7-5-6-12(2)8-14/h9,11-12,14,16H,4-8,10H2,1-3H3. The molecule has 1 fully saturated rings. The van der Waals surface area contributed by atoms with E-state index in [4.69, 9.17) is 0 Å². The first-order chi connectivity index (χ1) is 9.95. The first-order valence-electron chi connectivity index (χ1n) is 7.71. The number of hydrogen-bond acceptors (Lipinski definition) is 4. The van der Waals surface area contributed by atoms with Crippen LogP contribution in [-0.2, 0) is 16.6 Å². The van der Waals surface area contributed by atoms with E-state index in [-0.39, 0.29) is 6.04 Å². The molecular formula is C15H26N2O2S2. The van der Waals surface area contributed by atoms with Gasteiger partial charge in [0, 0.05) is 19.6 Å². The number of rotatable bonds is 6. The molecule has 120 valence electrons. The number of nitrogens with zero attached hydrogens (tertiary/aromatic N) is 1. The molecule has 4 nitrogen and oxygen atoms in total. The van der Waals surface area contributed by atoms with Gasteiger partial charge in [0.15, 0.2) is 0 Å². The monoisotopic (exact) mass is 330 g/mol. The SMILES string of the molecule is CCNCc1csc(S(=O)(=O)N(C)C2CCCC(C)C2)c1. The van der Waals surface area contributed by atoms with Gasteiger partial charge in [-0.05, 0) is 42.3 Å². The molecule has 1 heterocycles. The van der Waals surface area contributed by atoms with Crippen LogP contribution in [0.5, 0.6) is 0 Å². The van der Waals surface area contributed by atoms with E-state index in [0.29, 0.717) is 10.1 Å². The van der Waals surface area contributed by atoms with Crippen molar-refractivity contribution in [3.8, 4) is 0 Å². The van der Waals surface area contributed by atoms with Crippen LogP contribution in [0.3, 0.4) is 0 Å². The molecule has 6 heteroatoms. The lowest BCUT2D eigenvalue weighted by molar-refractivity contribution is 0.239. The number of sulfonamides is 1. The number of nitrogens with one attached hydrogen (secondary N) is 1. The summed E-state index contributed by atoms with van der Waals surface area (Å²) in [5.41, 5.74) is 1.05. The molecule has 2 rings (SSSR count). The van der Waals surface area contributed by atoms with Gasteiger partial charge in [-0.2, -0.15) is 4.31 Å². The third-order valence-electron chi connectivity index (χ3n) is 4.27. The molecule has 1 aromatic heterocycles. The highest BCUT2D eigenvalue weighted by molar-refractivity contribution is 7.91. The molecule has 0 aliphatic heterocycles. The predicted octanol–water partition coefficient (Wildman–Crippen LogP) is 3.06. The second kappa shape index (κ2) is 7.22. The third-order valence-corrected chi connectivity index (χ3v) is 7.64. The highest BCUT2D eigenvalue weighted by atomic mass is 32.2. The van der Waals surface area contributed by atoms with Gasteiger partial charge in [0.2, 0.25) is 0 Å². The Morgan fingerprint density at radius 3 is 2.86 bits per heavy atom. The van der Waals surface area contributed by atoms with E-state index in [1.165, 1.54) is 17.8 Å². The topological polar surface area (TPSA) is 49.4 Å². The maximum Gasteiger partial charge on any atom is 0.252 e. The van der Waals surface area contributed by atoms with Crippen LogP contribution < -0.4 is 5.32 Å². The molecule has 0 bridgehead atoms. The van der Waals surface area contributed by atoms with Crippen LogP contribution in [0.25, 0.3) is 0 Å². The third kappa shape index (κ3) is 4.06. The van der Waals surface area contributed by atoms with E-state index in [0.717, 1.165) is 37.9 Å². The number of thiophene rings is 1. The van der Waals surface area contributed by atoms with Gasteiger partial charge in [0.1, 0.15) is 4.21 Å². The molecule has 1 N–H and O–H groups in total.